The summed E-state index contributed by atoms with van der Waals surface area (Å²) < 4.78 is 22.9. The summed E-state index contributed by atoms with van der Waals surface area (Å²) >= 11 is 0. The summed E-state index contributed by atoms with van der Waals surface area (Å²) in [5.74, 6) is 2.96. The van der Waals surface area contributed by atoms with Gasteiger partial charge in [-0.1, -0.05) is 13.8 Å². The summed E-state index contributed by atoms with van der Waals surface area (Å²) in [7, 11) is -0.889. The van der Waals surface area contributed by atoms with Gasteiger partial charge >= 0.3 is 0 Å². The van der Waals surface area contributed by atoms with Crippen LogP contribution in [0.15, 0.2) is 12.1 Å². The van der Waals surface area contributed by atoms with Gasteiger partial charge in [0.25, 0.3) is 0 Å². The topological polar surface area (TPSA) is 61.6 Å². The molecule has 100 valence electrons. The van der Waals surface area contributed by atoms with E-state index < -0.39 is 10.8 Å². The van der Waals surface area contributed by atoms with E-state index in [0.717, 1.165) is 5.56 Å². The molecule has 1 aliphatic rings. The normalized spacial score (nSPS) is 15.7. The Morgan fingerprint density at radius 3 is 2.50 bits per heavy atom. The standard InChI is InChI=1S/C13H19NO3S/c1-9(2)7-18(15)8-10-5-12-13(6-11(10)14)17-4-3-16-12/h5-6,9H,3-4,7-8,14H2,1-2H3. The van der Waals surface area contributed by atoms with Crippen molar-refractivity contribution < 1.29 is 13.7 Å². The van der Waals surface area contributed by atoms with Gasteiger partial charge in [-0.15, -0.1) is 0 Å². The molecule has 0 amide bonds. The average Bonchev–Trinajstić information content (AvgIpc) is 2.29. The highest BCUT2D eigenvalue weighted by molar-refractivity contribution is 7.84. The van der Waals surface area contributed by atoms with Crippen molar-refractivity contribution in [1.29, 1.82) is 0 Å². The van der Waals surface area contributed by atoms with Crippen molar-refractivity contribution >= 4 is 16.5 Å². The maximum Gasteiger partial charge on any atom is 0.163 e. The first-order valence-electron chi connectivity index (χ1n) is 6.09. The summed E-state index contributed by atoms with van der Waals surface area (Å²) in [5.41, 5.74) is 7.45. The lowest BCUT2D eigenvalue weighted by Gasteiger charge is -2.20. The number of rotatable bonds is 4. The number of nitrogen functional groups attached to an aromatic ring is 1. The molecule has 0 fully saturated rings. The molecule has 0 aliphatic carbocycles. The number of hydrogen-bond donors (Lipinski definition) is 1. The minimum atomic E-state index is -0.889. The molecule has 4 nitrogen and oxygen atoms in total. The van der Waals surface area contributed by atoms with Crippen LogP contribution in [0.25, 0.3) is 0 Å². The second-order valence-corrected chi connectivity index (χ2v) is 6.34. The molecule has 0 saturated heterocycles. The third-order valence-corrected chi connectivity index (χ3v) is 4.31. The average molecular weight is 269 g/mol. The number of ether oxygens (including phenoxy) is 2. The Morgan fingerprint density at radius 2 is 1.89 bits per heavy atom. The first-order chi connectivity index (χ1) is 8.56. The first-order valence-corrected chi connectivity index (χ1v) is 7.58. The Hall–Kier alpha value is -1.23. The van der Waals surface area contributed by atoms with Crippen LogP contribution in [0.2, 0.25) is 0 Å². The van der Waals surface area contributed by atoms with Crippen LogP contribution >= 0.6 is 0 Å². The van der Waals surface area contributed by atoms with E-state index in [9.17, 15) is 4.21 Å². The van der Waals surface area contributed by atoms with Crippen LogP contribution < -0.4 is 15.2 Å². The molecule has 1 unspecified atom stereocenters. The van der Waals surface area contributed by atoms with Crippen LogP contribution in [-0.2, 0) is 16.6 Å². The van der Waals surface area contributed by atoms with Crippen LogP contribution in [0, 0.1) is 5.92 Å². The molecule has 0 bridgehead atoms. The fourth-order valence-corrected chi connectivity index (χ4v) is 3.33. The summed E-state index contributed by atoms with van der Waals surface area (Å²) in [6, 6.07) is 3.61. The zero-order valence-corrected chi connectivity index (χ0v) is 11.6. The summed E-state index contributed by atoms with van der Waals surface area (Å²) in [6.07, 6.45) is 0. The molecule has 2 N–H and O–H groups in total. The van der Waals surface area contributed by atoms with Gasteiger partial charge in [0.2, 0.25) is 0 Å². The Balaban J connectivity index is 2.15. The highest BCUT2D eigenvalue weighted by Gasteiger charge is 2.16. The van der Waals surface area contributed by atoms with E-state index >= 15 is 0 Å². The van der Waals surface area contributed by atoms with Crippen LogP contribution in [0.5, 0.6) is 11.5 Å². The van der Waals surface area contributed by atoms with Crippen LogP contribution in [0.3, 0.4) is 0 Å². The molecule has 0 aromatic heterocycles. The fraction of sp³-hybridized carbons (Fsp3) is 0.538. The Morgan fingerprint density at radius 1 is 1.28 bits per heavy atom. The van der Waals surface area contributed by atoms with Crippen molar-refractivity contribution in [3.8, 4) is 11.5 Å². The SMILES string of the molecule is CC(C)CS(=O)Cc1cc2c(cc1N)OCCO2. The first kappa shape index (κ1) is 13.2. The van der Waals surface area contributed by atoms with Crippen LogP contribution in [-0.4, -0.2) is 23.2 Å². The van der Waals surface area contributed by atoms with E-state index in [2.05, 4.69) is 13.8 Å². The highest BCUT2D eigenvalue weighted by atomic mass is 32.2. The van der Waals surface area contributed by atoms with Crippen molar-refractivity contribution in [1.82, 2.24) is 0 Å². The van der Waals surface area contributed by atoms with Gasteiger partial charge in [0, 0.05) is 28.3 Å². The lowest BCUT2D eigenvalue weighted by molar-refractivity contribution is 0.171. The number of nitrogens with two attached hydrogens (primary N) is 1. The Bertz CT molecular complexity index is 460. The lowest BCUT2D eigenvalue weighted by Crippen LogP contribution is -2.16. The van der Waals surface area contributed by atoms with Gasteiger partial charge < -0.3 is 15.2 Å². The van der Waals surface area contributed by atoms with Gasteiger partial charge in [0.15, 0.2) is 11.5 Å². The smallest absolute Gasteiger partial charge is 0.163 e. The van der Waals surface area contributed by atoms with Crippen LogP contribution in [0.1, 0.15) is 19.4 Å². The molecular formula is C13H19NO3S. The van der Waals surface area contributed by atoms with Crippen molar-refractivity contribution in [2.75, 3.05) is 24.7 Å². The minimum Gasteiger partial charge on any atom is -0.486 e. The second kappa shape index (κ2) is 5.61. The highest BCUT2D eigenvalue weighted by Crippen LogP contribution is 2.34. The van der Waals surface area contributed by atoms with Gasteiger partial charge in [-0.2, -0.15) is 0 Å². The van der Waals surface area contributed by atoms with Crippen molar-refractivity contribution in [3.05, 3.63) is 17.7 Å². The van der Waals surface area contributed by atoms with Crippen LogP contribution in [0.4, 0.5) is 5.69 Å². The predicted molar refractivity (Wildman–Crippen MR) is 73.4 cm³/mol. The molecule has 0 spiro atoms. The van der Waals surface area contributed by atoms with E-state index in [-0.39, 0.29) is 0 Å². The molecule has 5 heteroatoms. The summed E-state index contributed by atoms with van der Waals surface area (Å²) in [4.78, 5) is 0. The second-order valence-electron chi connectivity index (χ2n) is 4.84. The van der Waals surface area contributed by atoms with E-state index in [1.165, 1.54) is 0 Å². The monoisotopic (exact) mass is 269 g/mol. The van der Waals surface area contributed by atoms with E-state index in [0.29, 0.717) is 47.8 Å². The van der Waals surface area contributed by atoms with E-state index in [4.69, 9.17) is 15.2 Å². The van der Waals surface area contributed by atoms with E-state index in [1.54, 1.807) is 6.07 Å². The molecular weight excluding hydrogens is 250 g/mol. The summed E-state index contributed by atoms with van der Waals surface area (Å²) in [5, 5.41) is 0. The number of benzene rings is 1. The Kier molecular flexibility index (Phi) is 4.11. The van der Waals surface area contributed by atoms with Gasteiger partial charge in [0.1, 0.15) is 13.2 Å². The molecule has 1 heterocycles. The van der Waals surface area contributed by atoms with Crippen molar-refractivity contribution in [2.45, 2.75) is 19.6 Å². The number of fused-ring (bicyclic) bond motifs is 1. The molecule has 2 rings (SSSR count). The Labute approximate surface area is 110 Å². The maximum atomic E-state index is 11.9. The van der Waals surface area contributed by atoms with Gasteiger partial charge in [-0.3, -0.25) is 4.21 Å². The largest absolute Gasteiger partial charge is 0.486 e. The number of anilines is 1. The molecule has 1 aliphatic heterocycles. The third-order valence-electron chi connectivity index (χ3n) is 2.64. The van der Waals surface area contributed by atoms with E-state index in [1.807, 2.05) is 6.07 Å². The number of hydrogen-bond acceptors (Lipinski definition) is 4. The van der Waals surface area contributed by atoms with Gasteiger partial charge in [-0.05, 0) is 17.5 Å². The molecule has 18 heavy (non-hydrogen) atoms. The predicted octanol–water partition coefficient (Wildman–Crippen LogP) is 1.94. The van der Waals surface area contributed by atoms with Gasteiger partial charge in [0.05, 0.1) is 5.75 Å². The minimum absolute atomic E-state index is 0.421. The molecule has 1 atom stereocenters. The molecule has 1 aromatic rings. The van der Waals surface area contributed by atoms with Crippen molar-refractivity contribution in [3.63, 3.8) is 0 Å². The third kappa shape index (κ3) is 3.16. The zero-order chi connectivity index (χ0) is 13.1. The molecule has 0 radical (unpaired) electrons. The summed E-state index contributed by atoms with van der Waals surface area (Å²) in [6.45, 7) is 5.21. The van der Waals surface area contributed by atoms with Crippen molar-refractivity contribution in [2.24, 2.45) is 5.92 Å². The molecule has 1 aromatic carbocycles. The zero-order valence-electron chi connectivity index (χ0n) is 10.8. The quantitative estimate of drug-likeness (QED) is 0.849. The lowest BCUT2D eigenvalue weighted by atomic mass is 10.2. The molecule has 0 saturated carbocycles. The van der Waals surface area contributed by atoms with Gasteiger partial charge in [-0.25, -0.2) is 0 Å². The fourth-order valence-electron chi connectivity index (χ4n) is 1.88. The maximum absolute atomic E-state index is 11.9.